The van der Waals surface area contributed by atoms with Crippen molar-refractivity contribution in [3.05, 3.63) is 23.8 Å². The summed E-state index contributed by atoms with van der Waals surface area (Å²) in [4.78, 5) is 0. The van der Waals surface area contributed by atoms with Crippen molar-refractivity contribution in [1.82, 2.24) is 0 Å². The van der Waals surface area contributed by atoms with Crippen molar-refractivity contribution in [2.75, 3.05) is 0 Å². The minimum Gasteiger partial charge on any atom is -0.0998 e. The molecule has 1 aliphatic carbocycles. The fourth-order valence-corrected chi connectivity index (χ4v) is 2.43. The lowest BCUT2D eigenvalue weighted by molar-refractivity contribution is 0.290. The molecule has 0 aromatic carbocycles. The third-order valence-corrected chi connectivity index (χ3v) is 2.94. The van der Waals surface area contributed by atoms with Crippen LogP contribution >= 0.6 is 0 Å². The van der Waals surface area contributed by atoms with Gasteiger partial charge >= 0.3 is 0 Å². The van der Waals surface area contributed by atoms with Gasteiger partial charge in [-0.2, -0.15) is 0 Å². The number of rotatable bonds is 1. The van der Waals surface area contributed by atoms with Crippen molar-refractivity contribution in [1.29, 1.82) is 0 Å². The second-order valence-corrected chi connectivity index (χ2v) is 4.75. The highest BCUT2D eigenvalue weighted by molar-refractivity contribution is 5.17. The highest BCUT2D eigenvalue weighted by Crippen LogP contribution is 2.41. The molecule has 0 amide bonds. The Morgan fingerprint density at radius 1 is 1.58 bits per heavy atom. The fraction of sp³-hybridized carbons (Fsp3) is 0.667. The molecule has 0 bridgehead atoms. The average molecular weight is 164 g/mol. The van der Waals surface area contributed by atoms with E-state index < -0.39 is 0 Å². The second kappa shape index (κ2) is 3.08. The number of allylic oxidation sites excluding steroid dienone is 3. The molecule has 0 N–H and O–H groups in total. The minimum absolute atomic E-state index is 0.328. The van der Waals surface area contributed by atoms with E-state index in [-0.39, 0.29) is 0 Å². The van der Waals surface area contributed by atoms with Crippen LogP contribution in [0.4, 0.5) is 0 Å². The van der Waals surface area contributed by atoms with Crippen LogP contribution in [-0.4, -0.2) is 0 Å². The van der Waals surface area contributed by atoms with Crippen LogP contribution in [0.25, 0.3) is 0 Å². The molecule has 0 radical (unpaired) electrons. The van der Waals surface area contributed by atoms with Gasteiger partial charge in [-0.05, 0) is 38.0 Å². The van der Waals surface area contributed by atoms with Gasteiger partial charge in [-0.25, -0.2) is 0 Å². The second-order valence-electron chi connectivity index (χ2n) is 4.75. The number of hydrogen-bond donors (Lipinski definition) is 0. The van der Waals surface area contributed by atoms with Gasteiger partial charge in [-0.15, -0.1) is 0 Å². The lowest BCUT2D eigenvalue weighted by atomic mass is 9.68. The maximum Gasteiger partial charge on any atom is -0.0107 e. The Morgan fingerprint density at radius 3 is 2.58 bits per heavy atom. The molecule has 1 rings (SSSR count). The molecule has 0 heterocycles. The predicted octanol–water partition coefficient (Wildman–Crippen LogP) is 3.95. The fourth-order valence-electron chi connectivity index (χ4n) is 2.43. The SMILES string of the molecule is C=C(C)C1CCC(C)=CC1(C)C. The topological polar surface area (TPSA) is 0 Å². The van der Waals surface area contributed by atoms with E-state index in [2.05, 4.69) is 40.3 Å². The summed E-state index contributed by atoms with van der Waals surface area (Å²) in [5.74, 6) is 0.682. The van der Waals surface area contributed by atoms with E-state index in [0.29, 0.717) is 11.3 Å². The summed E-state index contributed by atoms with van der Waals surface area (Å²) in [5, 5.41) is 0. The van der Waals surface area contributed by atoms with E-state index in [4.69, 9.17) is 0 Å². The first-order valence-corrected chi connectivity index (χ1v) is 4.77. The summed E-state index contributed by atoms with van der Waals surface area (Å²) < 4.78 is 0. The van der Waals surface area contributed by atoms with Crippen LogP contribution in [-0.2, 0) is 0 Å². The quantitative estimate of drug-likeness (QED) is 0.515. The zero-order chi connectivity index (χ0) is 9.35. The normalized spacial score (nSPS) is 28.0. The van der Waals surface area contributed by atoms with Gasteiger partial charge in [-0.1, -0.05) is 37.6 Å². The van der Waals surface area contributed by atoms with Crippen LogP contribution in [0.3, 0.4) is 0 Å². The third kappa shape index (κ3) is 1.80. The van der Waals surface area contributed by atoms with Gasteiger partial charge in [0.2, 0.25) is 0 Å². The molecule has 0 aromatic heterocycles. The molecular formula is C12H20. The highest BCUT2D eigenvalue weighted by Gasteiger charge is 2.30. The van der Waals surface area contributed by atoms with Gasteiger partial charge in [0.15, 0.2) is 0 Å². The van der Waals surface area contributed by atoms with Crippen molar-refractivity contribution in [2.24, 2.45) is 11.3 Å². The Kier molecular flexibility index (Phi) is 2.46. The molecule has 0 saturated carbocycles. The molecule has 0 aromatic rings. The Bertz CT molecular complexity index is 218. The molecule has 1 unspecified atom stereocenters. The molecule has 0 aliphatic heterocycles. The summed E-state index contributed by atoms with van der Waals surface area (Å²) in [6.07, 6.45) is 4.95. The monoisotopic (exact) mass is 164 g/mol. The maximum atomic E-state index is 4.07. The van der Waals surface area contributed by atoms with Gasteiger partial charge in [-0.3, -0.25) is 0 Å². The summed E-state index contributed by atoms with van der Waals surface area (Å²) >= 11 is 0. The van der Waals surface area contributed by atoms with Crippen molar-refractivity contribution in [3.8, 4) is 0 Å². The summed E-state index contributed by atoms with van der Waals surface area (Å²) in [7, 11) is 0. The van der Waals surface area contributed by atoms with Crippen LogP contribution < -0.4 is 0 Å². The zero-order valence-corrected chi connectivity index (χ0v) is 8.78. The van der Waals surface area contributed by atoms with E-state index >= 15 is 0 Å². The summed E-state index contributed by atoms with van der Waals surface area (Å²) in [6, 6.07) is 0. The highest BCUT2D eigenvalue weighted by atomic mass is 14.3. The Morgan fingerprint density at radius 2 is 2.17 bits per heavy atom. The number of hydrogen-bond acceptors (Lipinski definition) is 0. The molecular weight excluding hydrogens is 144 g/mol. The molecule has 0 saturated heterocycles. The first-order valence-electron chi connectivity index (χ1n) is 4.77. The predicted molar refractivity (Wildman–Crippen MR) is 55.1 cm³/mol. The van der Waals surface area contributed by atoms with Crippen LogP contribution in [0.5, 0.6) is 0 Å². The largest absolute Gasteiger partial charge is 0.0998 e. The average Bonchev–Trinajstić information content (AvgIpc) is 1.82. The Balaban J connectivity index is 2.89. The van der Waals surface area contributed by atoms with Gasteiger partial charge in [0.1, 0.15) is 0 Å². The first kappa shape index (κ1) is 9.57. The molecule has 1 aliphatic rings. The molecule has 1 atom stereocenters. The lowest BCUT2D eigenvalue weighted by Gasteiger charge is -2.36. The molecule has 0 fully saturated rings. The minimum atomic E-state index is 0.328. The van der Waals surface area contributed by atoms with Gasteiger partial charge in [0.05, 0.1) is 0 Å². The van der Waals surface area contributed by atoms with Crippen molar-refractivity contribution in [3.63, 3.8) is 0 Å². The van der Waals surface area contributed by atoms with Crippen LogP contribution in [0, 0.1) is 11.3 Å². The molecule has 0 spiro atoms. The van der Waals surface area contributed by atoms with Crippen molar-refractivity contribution < 1.29 is 0 Å². The lowest BCUT2D eigenvalue weighted by Crippen LogP contribution is -2.26. The molecule has 12 heavy (non-hydrogen) atoms. The first-order chi connectivity index (χ1) is 5.43. The maximum absolute atomic E-state index is 4.07. The van der Waals surface area contributed by atoms with Gasteiger partial charge < -0.3 is 0 Å². The summed E-state index contributed by atoms with van der Waals surface area (Å²) in [5.41, 5.74) is 3.20. The van der Waals surface area contributed by atoms with E-state index in [0.717, 1.165) is 0 Å². The van der Waals surface area contributed by atoms with E-state index in [1.807, 2.05) is 0 Å². The third-order valence-electron chi connectivity index (χ3n) is 2.94. The van der Waals surface area contributed by atoms with E-state index in [9.17, 15) is 0 Å². The van der Waals surface area contributed by atoms with Gasteiger partial charge in [0.25, 0.3) is 0 Å². The zero-order valence-electron chi connectivity index (χ0n) is 8.78. The standard InChI is InChI=1S/C12H20/c1-9(2)11-7-6-10(3)8-12(11,4)5/h8,11H,1,6-7H2,2-5H3. The molecule has 68 valence electrons. The van der Waals surface area contributed by atoms with Gasteiger partial charge in [0, 0.05) is 0 Å². The molecule has 0 heteroatoms. The van der Waals surface area contributed by atoms with Crippen LogP contribution in [0.2, 0.25) is 0 Å². The van der Waals surface area contributed by atoms with E-state index in [1.165, 1.54) is 24.0 Å². The summed E-state index contributed by atoms with van der Waals surface area (Å²) in [6.45, 7) is 13.1. The smallest absolute Gasteiger partial charge is 0.0107 e. The van der Waals surface area contributed by atoms with Crippen molar-refractivity contribution >= 4 is 0 Å². The van der Waals surface area contributed by atoms with Crippen LogP contribution in [0.1, 0.15) is 40.5 Å². The van der Waals surface area contributed by atoms with E-state index in [1.54, 1.807) is 0 Å². The van der Waals surface area contributed by atoms with Crippen LogP contribution in [0.15, 0.2) is 23.8 Å². The Hall–Kier alpha value is -0.520. The Labute approximate surface area is 76.4 Å². The molecule has 0 nitrogen and oxygen atoms in total. The van der Waals surface area contributed by atoms with Crippen molar-refractivity contribution in [2.45, 2.75) is 40.5 Å².